The van der Waals surface area contributed by atoms with Gasteiger partial charge < -0.3 is 15.4 Å². The summed E-state index contributed by atoms with van der Waals surface area (Å²) in [5.41, 5.74) is 0.496. The summed E-state index contributed by atoms with van der Waals surface area (Å²) in [5.74, 6) is 0. The van der Waals surface area contributed by atoms with Crippen LogP contribution in [0.2, 0.25) is 0 Å². The summed E-state index contributed by atoms with van der Waals surface area (Å²) in [7, 11) is 0. The van der Waals surface area contributed by atoms with Crippen LogP contribution in [0.4, 0.5) is 16.2 Å². The summed E-state index contributed by atoms with van der Waals surface area (Å²) < 4.78 is 5.13. The highest BCUT2D eigenvalue weighted by molar-refractivity contribution is 5.89. The molecule has 0 saturated carbocycles. The molecule has 0 fully saturated rings. The predicted octanol–water partition coefficient (Wildman–Crippen LogP) is 2.14. The lowest BCUT2D eigenvalue weighted by atomic mass is 10.3. The van der Waals surface area contributed by atoms with Gasteiger partial charge in [-0.2, -0.15) is 0 Å². The maximum Gasteiger partial charge on any atom is 0.319 e. The number of nitro benzene ring substituents is 1. The molecule has 0 heterocycles. The van der Waals surface area contributed by atoms with Crippen molar-refractivity contribution < 1.29 is 14.5 Å². The Morgan fingerprint density at radius 1 is 1.37 bits per heavy atom. The van der Waals surface area contributed by atoms with E-state index in [1.807, 2.05) is 6.92 Å². The monoisotopic (exact) mass is 267 g/mol. The normalized spacial score (nSPS) is 9.95. The summed E-state index contributed by atoms with van der Waals surface area (Å²) in [6.45, 7) is 3.69. The molecule has 7 nitrogen and oxygen atoms in total. The molecule has 0 atom stereocenters. The molecule has 104 valence electrons. The minimum atomic E-state index is -0.489. The number of nitrogens with zero attached hydrogens (tertiary/aromatic N) is 1. The number of nitrogens with one attached hydrogen (secondary N) is 2. The van der Waals surface area contributed by atoms with Crippen LogP contribution in [0.3, 0.4) is 0 Å². The van der Waals surface area contributed by atoms with Gasteiger partial charge in [-0.3, -0.25) is 10.1 Å². The summed E-state index contributed by atoms with van der Waals surface area (Å²) in [6, 6.07) is 5.30. The van der Waals surface area contributed by atoms with E-state index >= 15 is 0 Å². The zero-order chi connectivity index (χ0) is 14.1. The first-order valence-corrected chi connectivity index (χ1v) is 6.00. The minimum absolute atomic E-state index is 0.0114. The van der Waals surface area contributed by atoms with Gasteiger partial charge in [-0.25, -0.2) is 4.79 Å². The van der Waals surface area contributed by atoms with E-state index < -0.39 is 4.92 Å². The maximum absolute atomic E-state index is 11.5. The van der Waals surface area contributed by atoms with E-state index in [2.05, 4.69) is 10.6 Å². The van der Waals surface area contributed by atoms with Gasteiger partial charge in [-0.05, 0) is 25.5 Å². The Labute approximate surface area is 111 Å². The number of non-ortho nitro benzene ring substituents is 1. The standard InChI is InChI=1S/C12H17N3O4/c1-2-19-9-3-8-13-12(16)14-10-4-6-11(7-5-10)15(17)18/h4-7H,2-3,8-9H2,1H3,(H2,13,14,16). The second kappa shape index (κ2) is 8.04. The van der Waals surface area contributed by atoms with Crippen LogP contribution in [0.1, 0.15) is 13.3 Å². The SMILES string of the molecule is CCOCCCNC(=O)Nc1ccc([N+](=O)[O-])cc1. The average molecular weight is 267 g/mol. The third-order valence-electron chi connectivity index (χ3n) is 2.29. The smallest absolute Gasteiger partial charge is 0.319 e. The van der Waals surface area contributed by atoms with E-state index in [0.29, 0.717) is 25.4 Å². The van der Waals surface area contributed by atoms with Gasteiger partial charge >= 0.3 is 6.03 Å². The number of amides is 2. The second-order valence-electron chi connectivity index (χ2n) is 3.74. The van der Waals surface area contributed by atoms with Gasteiger partial charge in [0.25, 0.3) is 5.69 Å². The highest BCUT2D eigenvalue weighted by atomic mass is 16.6. The van der Waals surface area contributed by atoms with Crippen molar-refractivity contribution in [2.45, 2.75) is 13.3 Å². The molecule has 1 rings (SSSR count). The van der Waals surface area contributed by atoms with Crippen molar-refractivity contribution in [3.63, 3.8) is 0 Å². The number of rotatable bonds is 7. The zero-order valence-electron chi connectivity index (χ0n) is 10.7. The van der Waals surface area contributed by atoms with Crippen LogP contribution < -0.4 is 10.6 Å². The molecule has 0 aromatic heterocycles. The number of benzene rings is 1. The third-order valence-corrected chi connectivity index (χ3v) is 2.29. The fourth-order valence-corrected chi connectivity index (χ4v) is 1.36. The van der Waals surface area contributed by atoms with Crippen molar-refractivity contribution in [3.8, 4) is 0 Å². The molecular weight excluding hydrogens is 250 g/mol. The summed E-state index contributed by atoms with van der Waals surface area (Å²) >= 11 is 0. The Balaban J connectivity index is 2.30. The van der Waals surface area contributed by atoms with Crippen molar-refractivity contribution in [2.75, 3.05) is 25.1 Å². The number of ether oxygens (including phenoxy) is 1. The number of nitro groups is 1. The average Bonchev–Trinajstić information content (AvgIpc) is 2.39. The van der Waals surface area contributed by atoms with Crippen LogP contribution in [0.25, 0.3) is 0 Å². The van der Waals surface area contributed by atoms with E-state index in [1.165, 1.54) is 24.3 Å². The van der Waals surface area contributed by atoms with Crippen molar-refractivity contribution in [3.05, 3.63) is 34.4 Å². The number of urea groups is 1. The second-order valence-corrected chi connectivity index (χ2v) is 3.74. The summed E-state index contributed by atoms with van der Waals surface area (Å²) in [4.78, 5) is 21.4. The number of carbonyl (C=O) groups is 1. The van der Waals surface area contributed by atoms with E-state index in [4.69, 9.17) is 4.74 Å². The predicted molar refractivity (Wildman–Crippen MR) is 71.2 cm³/mol. The van der Waals surface area contributed by atoms with Crippen LogP contribution in [0.15, 0.2) is 24.3 Å². The molecule has 1 aromatic rings. The van der Waals surface area contributed by atoms with Crippen molar-refractivity contribution in [1.29, 1.82) is 0 Å². The van der Waals surface area contributed by atoms with Crippen molar-refractivity contribution in [1.82, 2.24) is 5.32 Å². The van der Waals surface area contributed by atoms with Crippen LogP contribution >= 0.6 is 0 Å². The number of carbonyl (C=O) groups excluding carboxylic acids is 1. The lowest BCUT2D eigenvalue weighted by Gasteiger charge is -2.07. The third kappa shape index (κ3) is 5.82. The quantitative estimate of drug-likeness (QED) is 0.449. The molecule has 0 aliphatic rings. The van der Waals surface area contributed by atoms with Gasteiger partial charge in [-0.1, -0.05) is 0 Å². The topological polar surface area (TPSA) is 93.5 Å². The number of hydrogen-bond acceptors (Lipinski definition) is 4. The number of hydrogen-bond donors (Lipinski definition) is 2. The van der Waals surface area contributed by atoms with Gasteiger partial charge in [0.2, 0.25) is 0 Å². The van der Waals surface area contributed by atoms with Crippen LogP contribution in [0.5, 0.6) is 0 Å². The Kier molecular flexibility index (Phi) is 6.31. The zero-order valence-corrected chi connectivity index (χ0v) is 10.7. The van der Waals surface area contributed by atoms with Crippen molar-refractivity contribution in [2.24, 2.45) is 0 Å². The van der Waals surface area contributed by atoms with E-state index in [9.17, 15) is 14.9 Å². The molecule has 0 unspecified atom stereocenters. The van der Waals surface area contributed by atoms with Gasteiger partial charge in [0.05, 0.1) is 4.92 Å². The highest BCUT2D eigenvalue weighted by Gasteiger charge is 2.05. The first-order valence-electron chi connectivity index (χ1n) is 6.00. The molecule has 2 amide bonds. The molecule has 0 aliphatic heterocycles. The molecule has 0 spiro atoms. The highest BCUT2D eigenvalue weighted by Crippen LogP contribution is 2.14. The van der Waals surface area contributed by atoms with Gasteiger partial charge in [0.15, 0.2) is 0 Å². The van der Waals surface area contributed by atoms with Crippen LogP contribution in [-0.2, 0) is 4.74 Å². The molecule has 1 aromatic carbocycles. The van der Waals surface area contributed by atoms with Gasteiger partial charge in [0.1, 0.15) is 0 Å². The Hall–Kier alpha value is -2.15. The molecular formula is C12H17N3O4. The fraction of sp³-hybridized carbons (Fsp3) is 0.417. The summed E-state index contributed by atoms with van der Waals surface area (Å²) in [6.07, 6.45) is 0.738. The summed E-state index contributed by atoms with van der Waals surface area (Å²) in [5, 5.41) is 15.7. The lowest BCUT2D eigenvalue weighted by Crippen LogP contribution is -2.30. The molecule has 0 bridgehead atoms. The van der Waals surface area contributed by atoms with Crippen LogP contribution in [0, 0.1) is 10.1 Å². The molecule has 0 saturated heterocycles. The molecule has 2 N–H and O–H groups in total. The Morgan fingerprint density at radius 3 is 2.63 bits per heavy atom. The lowest BCUT2D eigenvalue weighted by molar-refractivity contribution is -0.384. The number of anilines is 1. The van der Waals surface area contributed by atoms with Crippen molar-refractivity contribution >= 4 is 17.4 Å². The van der Waals surface area contributed by atoms with E-state index in [1.54, 1.807) is 0 Å². The fourth-order valence-electron chi connectivity index (χ4n) is 1.36. The van der Waals surface area contributed by atoms with Crippen LogP contribution in [-0.4, -0.2) is 30.7 Å². The molecule has 0 radical (unpaired) electrons. The Bertz CT molecular complexity index is 419. The Morgan fingerprint density at radius 2 is 2.05 bits per heavy atom. The first kappa shape index (κ1) is 14.9. The molecule has 19 heavy (non-hydrogen) atoms. The van der Waals surface area contributed by atoms with Gasteiger partial charge in [0, 0.05) is 37.6 Å². The van der Waals surface area contributed by atoms with E-state index in [0.717, 1.165) is 6.42 Å². The largest absolute Gasteiger partial charge is 0.382 e. The van der Waals surface area contributed by atoms with E-state index in [-0.39, 0.29) is 11.7 Å². The molecule has 7 heteroatoms. The maximum atomic E-state index is 11.5. The minimum Gasteiger partial charge on any atom is -0.382 e. The van der Waals surface area contributed by atoms with Gasteiger partial charge in [-0.15, -0.1) is 0 Å². The molecule has 0 aliphatic carbocycles. The first-order chi connectivity index (χ1) is 9.13.